The highest BCUT2D eigenvalue weighted by Gasteiger charge is 2.11. The van der Waals surface area contributed by atoms with Crippen LogP contribution >= 0.6 is 27.3 Å². The van der Waals surface area contributed by atoms with Gasteiger partial charge in [0.05, 0.1) is 16.0 Å². The van der Waals surface area contributed by atoms with Crippen LogP contribution in [0.2, 0.25) is 0 Å². The molecule has 0 fully saturated rings. The third-order valence-electron chi connectivity index (χ3n) is 2.03. The van der Waals surface area contributed by atoms with E-state index in [1.54, 1.807) is 17.5 Å². The predicted molar refractivity (Wildman–Crippen MR) is 62.2 cm³/mol. The molecule has 15 heavy (non-hydrogen) atoms. The van der Waals surface area contributed by atoms with Crippen molar-refractivity contribution in [1.29, 1.82) is 0 Å². The highest BCUT2D eigenvalue weighted by molar-refractivity contribution is 9.11. The van der Waals surface area contributed by atoms with E-state index in [1.165, 1.54) is 12.3 Å². The topological polar surface area (TPSA) is 38.9 Å². The first-order chi connectivity index (χ1) is 7.16. The molecule has 0 amide bonds. The molecule has 2 rings (SSSR count). The molecule has 2 nitrogen and oxygen atoms in total. The van der Waals surface area contributed by atoms with Gasteiger partial charge in [0, 0.05) is 6.20 Å². The van der Waals surface area contributed by atoms with Crippen LogP contribution in [0, 0.1) is 5.82 Å². The lowest BCUT2D eigenvalue weighted by Crippen LogP contribution is -2.11. The first-order valence-electron chi connectivity index (χ1n) is 4.27. The van der Waals surface area contributed by atoms with Crippen molar-refractivity contribution in [3.63, 3.8) is 0 Å². The summed E-state index contributed by atoms with van der Waals surface area (Å²) in [5.41, 5.74) is 7.62. The molecule has 0 spiro atoms. The minimum absolute atomic E-state index is 0.323. The molecule has 2 aromatic heterocycles. The van der Waals surface area contributed by atoms with Crippen molar-refractivity contribution in [3.05, 3.63) is 50.6 Å². The molecule has 2 N–H and O–H groups in total. The predicted octanol–water partition coefficient (Wildman–Crippen LogP) is 3.09. The van der Waals surface area contributed by atoms with Crippen molar-refractivity contribution in [1.82, 2.24) is 4.98 Å². The second-order valence-electron chi connectivity index (χ2n) is 3.10. The van der Waals surface area contributed by atoms with Crippen molar-refractivity contribution in [2.45, 2.75) is 6.04 Å². The van der Waals surface area contributed by atoms with Gasteiger partial charge in [0.1, 0.15) is 5.82 Å². The fourth-order valence-electron chi connectivity index (χ4n) is 1.28. The first-order valence-corrected chi connectivity index (χ1v) is 5.94. The van der Waals surface area contributed by atoms with E-state index in [0.717, 1.165) is 9.35 Å². The molecular formula is C10H8BrFN2S. The summed E-state index contributed by atoms with van der Waals surface area (Å²) in [6.45, 7) is 0. The lowest BCUT2D eigenvalue weighted by molar-refractivity contribution is 0.616. The van der Waals surface area contributed by atoms with Gasteiger partial charge in [-0.25, -0.2) is 4.39 Å². The Labute approximate surface area is 99.1 Å². The van der Waals surface area contributed by atoms with E-state index in [1.807, 2.05) is 11.4 Å². The highest BCUT2D eigenvalue weighted by atomic mass is 79.9. The van der Waals surface area contributed by atoms with E-state index in [9.17, 15) is 4.39 Å². The van der Waals surface area contributed by atoms with Gasteiger partial charge in [-0.05, 0) is 44.6 Å². The van der Waals surface area contributed by atoms with E-state index < -0.39 is 0 Å². The average molecular weight is 287 g/mol. The highest BCUT2D eigenvalue weighted by Crippen LogP contribution is 2.27. The van der Waals surface area contributed by atoms with Crippen molar-refractivity contribution >= 4 is 27.3 Å². The maximum atomic E-state index is 12.9. The lowest BCUT2D eigenvalue weighted by Gasteiger charge is -2.09. The summed E-state index contributed by atoms with van der Waals surface area (Å²) in [5, 5.41) is 1.94. The van der Waals surface area contributed by atoms with Gasteiger partial charge >= 0.3 is 0 Å². The van der Waals surface area contributed by atoms with Crippen LogP contribution in [0.3, 0.4) is 0 Å². The standard InChI is InChI=1S/C10H8BrFN2S/c11-9-2-7(5-15-9)10(13)6-1-8(12)4-14-3-6/h1-5,10H,13H2. The summed E-state index contributed by atoms with van der Waals surface area (Å²) in [6, 6.07) is 3.01. The zero-order valence-electron chi connectivity index (χ0n) is 7.65. The van der Waals surface area contributed by atoms with Gasteiger partial charge in [0.2, 0.25) is 0 Å². The summed E-state index contributed by atoms with van der Waals surface area (Å²) < 4.78 is 13.9. The third kappa shape index (κ3) is 2.42. The molecule has 2 heterocycles. The quantitative estimate of drug-likeness (QED) is 0.921. The molecule has 0 radical (unpaired) electrons. The van der Waals surface area contributed by atoms with E-state index in [0.29, 0.717) is 5.56 Å². The van der Waals surface area contributed by atoms with Crippen LogP contribution in [0.1, 0.15) is 17.2 Å². The Hall–Kier alpha value is -0.780. The smallest absolute Gasteiger partial charge is 0.141 e. The molecule has 78 valence electrons. The fourth-order valence-corrected chi connectivity index (χ4v) is 2.49. The second-order valence-corrected chi connectivity index (χ2v) is 5.39. The van der Waals surface area contributed by atoms with Crippen LogP contribution in [0.4, 0.5) is 4.39 Å². The summed E-state index contributed by atoms with van der Waals surface area (Å²) in [5.74, 6) is -0.364. The SMILES string of the molecule is NC(c1cncc(F)c1)c1csc(Br)c1. The summed E-state index contributed by atoms with van der Waals surface area (Å²) in [7, 11) is 0. The van der Waals surface area contributed by atoms with Gasteiger partial charge in [-0.15, -0.1) is 11.3 Å². The van der Waals surface area contributed by atoms with Gasteiger partial charge in [-0.1, -0.05) is 0 Å². The molecule has 0 aromatic carbocycles. The average Bonchev–Trinajstić information content (AvgIpc) is 2.64. The second kappa shape index (κ2) is 4.38. The largest absolute Gasteiger partial charge is 0.320 e. The maximum absolute atomic E-state index is 12.9. The minimum Gasteiger partial charge on any atom is -0.320 e. The van der Waals surface area contributed by atoms with E-state index in [4.69, 9.17) is 5.73 Å². The van der Waals surface area contributed by atoms with Gasteiger partial charge in [-0.3, -0.25) is 4.98 Å². The molecule has 0 bridgehead atoms. The Bertz CT molecular complexity index is 472. The Kier molecular flexibility index (Phi) is 3.14. The normalized spacial score (nSPS) is 12.7. The van der Waals surface area contributed by atoms with Crippen LogP contribution < -0.4 is 5.73 Å². The van der Waals surface area contributed by atoms with E-state index in [-0.39, 0.29) is 11.9 Å². The van der Waals surface area contributed by atoms with E-state index >= 15 is 0 Å². The van der Waals surface area contributed by atoms with Crippen LogP contribution in [0.25, 0.3) is 0 Å². The first kappa shape index (κ1) is 10.7. The van der Waals surface area contributed by atoms with Gasteiger partial charge in [-0.2, -0.15) is 0 Å². The van der Waals surface area contributed by atoms with Crippen molar-refractivity contribution in [2.75, 3.05) is 0 Å². The molecule has 2 aromatic rings. The van der Waals surface area contributed by atoms with Gasteiger partial charge in [0.15, 0.2) is 0 Å². The van der Waals surface area contributed by atoms with Crippen LogP contribution in [-0.2, 0) is 0 Å². The summed E-state index contributed by atoms with van der Waals surface area (Å²) in [4.78, 5) is 3.77. The van der Waals surface area contributed by atoms with Gasteiger partial charge in [0.25, 0.3) is 0 Å². The lowest BCUT2D eigenvalue weighted by atomic mass is 10.0. The zero-order chi connectivity index (χ0) is 10.8. The Morgan fingerprint density at radius 3 is 2.73 bits per heavy atom. The zero-order valence-corrected chi connectivity index (χ0v) is 10.1. The molecule has 1 unspecified atom stereocenters. The third-order valence-corrected chi connectivity index (χ3v) is 3.55. The number of nitrogens with two attached hydrogens (primary N) is 1. The number of hydrogen-bond acceptors (Lipinski definition) is 3. The van der Waals surface area contributed by atoms with Gasteiger partial charge < -0.3 is 5.73 Å². The van der Waals surface area contributed by atoms with Crippen LogP contribution in [-0.4, -0.2) is 4.98 Å². The number of thiophene rings is 1. The summed E-state index contributed by atoms with van der Waals surface area (Å²) in [6.07, 6.45) is 2.75. The monoisotopic (exact) mass is 286 g/mol. The molecule has 0 saturated carbocycles. The number of rotatable bonds is 2. The van der Waals surface area contributed by atoms with Crippen LogP contribution in [0.5, 0.6) is 0 Å². The van der Waals surface area contributed by atoms with Crippen molar-refractivity contribution in [2.24, 2.45) is 5.73 Å². The molecular weight excluding hydrogens is 279 g/mol. The molecule has 0 aliphatic heterocycles. The fraction of sp³-hybridized carbons (Fsp3) is 0.100. The number of nitrogens with zero attached hydrogens (tertiary/aromatic N) is 1. The molecule has 5 heteroatoms. The Balaban J connectivity index is 2.32. The van der Waals surface area contributed by atoms with E-state index in [2.05, 4.69) is 20.9 Å². The Morgan fingerprint density at radius 2 is 2.13 bits per heavy atom. The molecule has 1 atom stereocenters. The number of pyridine rings is 1. The Morgan fingerprint density at radius 1 is 1.33 bits per heavy atom. The van der Waals surface area contributed by atoms with Crippen molar-refractivity contribution < 1.29 is 4.39 Å². The number of aromatic nitrogens is 1. The summed E-state index contributed by atoms with van der Waals surface area (Å²) >= 11 is 4.91. The molecule has 0 aliphatic carbocycles. The molecule has 0 aliphatic rings. The maximum Gasteiger partial charge on any atom is 0.141 e. The van der Waals surface area contributed by atoms with Crippen molar-refractivity contribution in [3.8, 4) is 0 Å². The van der Waals surface area contributed by atoms with Crippen LogP contribution in [0.15, 0.2) is 33.7 Å². The molecule has 0 saturated heterocycles. The minimum atomic E-state index is -0.364. The number of halogens is 2. The number of hydrogen-bond donors (Lipinski definition) is 1.